The van der Waals surface area contributed by atoms with Crippen molar-refractivity contribution in [2.24, 2.45) is 11.8 Å². The molecule has 0 radical (unpaired) electrons. The third-order valence-electron chi connectivity index (χ3n) is 4.12. The van der Waals surface area contributed by atoms with E-state index >= 15 is 0 Å². The number of nitrogens with zero attached hydrogens (tertiary/aromatic N) is 3. The van der Waals surface area contributed by atoms with Crippen molar-refractivity contribution in [3.63, 3.8) is 0 Å². The van der Waals surface area contributed by atoms with Crippen molar-refractivity contribution in [2.75, 3.05) is 25.0 Å². The second kappa shape index (κ2) is 5.60. The zero-order valence-corrected chi connectivity index (χ0v) is 12.3. The van der Waals surface area contributed by atoms with Crippen molar-refractivity contribution in [1.29, 1.82) is 0 Å². The average molecular weight is 283 g/mol. The van der Waals surface area contributed by atoms with Crippen LogP contribution in [-0.2, 0) is 0 Å². The van der Waals surface area contributed by atoms with Crippen LogP contribution < -0.4 is 10.2 Å². The summed E-state index contributed by atoms with van der Waals surface area (Å²) in [6.07, 6.45) is 6.86. The van der Waals surface area contributed by atoms with Gasteiger partial charge in [-0.2, -0.15) is 0 Å². The number of allylic oxidation sites excluding steroid dienone is 1. The van der Waals surface area contributed by atoms with Crippen LogP contribution in [0.2, 0.25) is 0 Å². The first-order valence-corrected chi connectivity index (χ1v) is 7.25. The maximum atomic E-state index is 4.60. The quantitative estimate of drug-likeness (QED) is 0.849. The molecule has 2 aromatic heterocycles. The van der Waals surface area contributed by atoms with Crippen molar-refractivity contribution in [3.8, 4) is 0 Å². The molecule has 0 amide bonds. The third-order valence-corrected chi connectivity index (χ3v) is 4.12. The van der Waals surface area contributed by atoms with E-state index in [1.807, 2.05) is 25.5 Å². The minimum atomic E-state index is 0.856. The van der Waals surface area contributed by atoms with Crippen molar-refractivity contribution < 1.29 is 0 Å². The lowest BCUT2D eigenvalue weighted by atomic mass is 10.4. The number of H-pyrrole nitrogens is 1. The summed E-state index contributed by atoms with van der Waals surface area (Å²) in [5, 5.41) is 2.80. The summed E-state index contributed by atoms with van der Waals surface area (Å²) in [6.45, 7) is 9.38. The highest BCUT2D eigenvalue weighted by atomic mass is 15.2. The van der Waals surface area contributed by atoms with Gasteiger partial charge in [0.25, 0.3) is 0 Å². The molecule has 2 N–H and O–H groups in total. The number of aromatic amines is 1. The van der Waals surface area contributed by atoms with Gasteiger partial charge in [0.2, 0.25) is 0 Å². The summed E-state index contributed by atoms with van der Waals surface area (Å²) < 4.78 is 0. The van der Waals surface area contributed by atoms with Gasteiger partial charge in [-0.05, 0) is 30.4 Å². The van der Waals surface area contributed by atoms with Gasteiger partial charge in [-0.15, -0.1) is 0 Å². The lowest BCUT2D eigenvalue weighted by Crippen LogP contribution is -2.22. The van der Waals surface area contributed by atoms with E-state index in [0.29, 0.717) is 0 Å². The van der Waals surface area contributed by atoms with E-state index in [2.05, 4.69) is 38.3 Å². The molecule has 2 unspecified atom stereocenters. The molecule has 1 aliphatic carbocycles. The molecule has 5 heteroatoms. The minimum Gasteiger partial charge on any atom is -0.389 e. The Morgan fingerprint density at radius 3 is 2.86 bits per heavy atom. The van der Waals surface area contributed by atoms with E-state index in [-0.39, 0.29) is 0 Å². The molecule has 4 rings (SSSR count). The van der Waals surface area contributed by atoms with Crippen LogP contribution in [-0.4, -0.2) is 35.1 Å². The van der Waals surface area contributed by atoms with Gasteiger partial charge in [0.1, 0.15) is 11.3 Å². The fraction of sp³-hybridized carbons (Fsp3) is 0.375. The van der Waals surface area contributed by atoms with Crippen LogP contribution in [0, 0.1) is 11.8 Å². The Labute approximate surface area is 124 Å². The topological polar surface area (TPSA) is 56.8 Å². The second-order valence-corrected chi connectivity index (χ2v) is 5.58. The molecule has 1 saturated carbocycles. The van der Waals surface area contributed by atoms with Crippen molar-refractivity contribution in [3.05, 3.63) is 43.4 Å². The first-order valence-electron chi connectivity index (χ1n) is 7.25. The Bertz CT molecular complexity index is 649. The number of hydrogen-bond acceptors (Lipinski definition) is 4. The molecule has 1 saturated heterocycles. The van der Waals surface area contributed by atoms with Gasteiger partial charge in [-0.25, -0.2) is 9.97 Å². The van der Waals surface area contributed by atoms with Gasteiger partial charge < -0.3 is 15.2 Å². The number of nitrogens with one attached hydrogen (secondary N) is 2. The molecule has 2 aromatic rings. The maximum Gasteiger partial charge on any atom is 0.156 e. The van der Waals surface area contributed by atoms with Crippen LogP contribution >= 0.6 is 0 Å². The predicted molar refractivity (Wildman–Crippen MR) is 86.1 cm³/mol. The maximum absolute atomic E-state index is 4.60. The van der Waals surface area contributed by atoms with Gasteiger partial charge >= 0.3 is 0 Å². The summed E-state index contributed by atoms with van der Waals surface area (Å²) in [4.78, 5) is 14.4. The normalized spacial score (nSPS) is 22.2. The molecule has 110 valence electrons. The molecule has 2 atom stereocenters. The molecule has 2 aliphatic rings. The summed E-state index contributed by atoms with van der Waals surface area (Å²) in [6, 6.07) is 1.97. The summed E-state index contributed by atoms with van der Waals surface area (Å²) in [5.41, 5.74) is 2.70. The smallest absolute Gasteiger partial charge is 0.156 e. The molecule has 1 aliphatic heterocycles. The summed E-state index contributed by atoms with van der Waals surface area (Å²) in [5.74, 6) is 2.91. The van der Waals surface area contributed by atoms with Gasteiger partial charge in [0.15, 0.2) is 5.65 Å². The fourth-order valence-electron chi connectivity index (χ4n) is 2.66. The highest BCUT2D eigenvalue weighted by Crippen LogP contribution is 2.45. The molecular formula is C16H21N5. The second-order valence-electron chi connectivity index (χ2n) is 5.58. The van der Waals surface area contributed by atoms with Gasteiger partial charge in [0.05, 0.1) is 6.20 Å². The van der Waals surface area contributed by atoms with Crippen LogP contribution in [0.15, 0.2) is 43.4 Å². The molecule has 2 fully saturated rings. The molecule has 0 spiro atoms. The molecule has 0 bridgehead atoms. The van der Waals surface area contributed by atoms with Crippen molar-refractivity contribution in [1.82, 2.24) is 20.3 Å². The Morgan fingerprint density at radius 2 is 2.24 bits per heavy atom. The SMILES string of the molecule is C=CC(=C)NC.c1cc2nc(N3CC4CC4C3)cnc2[nH]1. The van der Waals surface area contributed by atoms with Crippen LogP contribution in [0.4, 0.5) is 5.82 Å². The van der Waals surface area contributed by atoms with Crippen LogP contribution in [0.5, 0.6) is 0 Å². The number of hydrogen-bond donors (Lipinski definition) is 2. The number of likely N-dealkylation sites (N-methyl/N-ethyl adjacent to an activating group) is 1. The van der Waals surface area contributed by atoms with E-state index in [0.717, 1.165) is 34.5 Å². The van der Waals surface area contributed by atoms with Gasteiger partial charge in [-0.3, -0.25) is 0 Å². The van der Waals surface area contributed by atoms with E-state index < -0.39 is 0 Å². The summed E-state index contributed by atoms with van der Waals surface area (Å²) >= 11 is 0. The van der Waals surface area contributed by atoms with Crippen LogP contribution in [0.1, 0.15) is 6.42 Å². The van der Waals surface area contributed by atoms with E-state index in [1.54, 1.807) is 6.08 Å². The highest BCUT2D eigenvalue weighted by molar-refractivity contribution is 5.72. The fourth-order valence-corrected chi connectivity index (χ4v) is 2.66. The molecule has 3 heterocycles. The summed E-state index contributed by atoms with van der Waals surface area (Å²) in [7, 11) is 1.81. The first-order chi connectivity index (χ1) is 10.2. The Balaban J connectivity index is 0.000000192. The van der Waals surface area contributed by atoms with Crippen LogP contribution in [0.25, 0.3) is 11.2 Å². The monoisotopic (exact) mass is 283 g/mol. The predicted octanol–water partition coefficient (Wildman–Crippen LogP) is 2.32. The standard InChI is InChI=1S/C11H12N4.C5H9N/c1-2-12-11-9(1)14-10(4-13-11)15-5-7-3-8(7)6-15;1-4-5(2)6-3/h1-2,4,7-8H,3,5-6H2,(H,12,13);4,6H,1-2H2,3H3. The Morgan fingerprint density at radius 1 is 1.48 bits per heavy atom. The zero-order valence-electron chi connectivity index (χ0n) is 12.3. The number of rotatable bonds is 3. The van der Waals surface area contributed by atoms with Crippen LogP contribution in [0.3, 0.4) is 0 Å². The van der Waals surface area contributed by atoms with E-state index in [1.165, 1.54) is 19.5 Å². The average Bonchev–Trinajstić information content (AvgIpc) is 2.94. The molecule has 21 heavy (non-hydrogen) atoms. The van der Waals surface area contributed by atoms with E-state index in [4.69, 9.17) is 0 Å². The third kappa shape index (κ3) is 2.91. The minimum absolute atomic E-state index is 0.856. The molecular weight excluding hydrogens is 262 g/mol. The van der Waals surface area contributed by atoms with E-state index in [9.17, 15) is 0 Å². The molecule has 0 aromatic carbocycles. The number of piperidine rings is 1. The number of fused-ring (bicyclic) bond motifs is 2. The lowest BCUT2D eigenvalue weighted by molar-refractivity contribution is 0.805. The number of anilines is 1. The first kappa shape index (κ1) is 13.7. The molecule has 5 nitrogen and oxygen atoms in total. The lowest BCUT2D eigenvalue weighted by Gasteiger charge is -2.18. The van der Waals surface area contributed by atoms with Crippen molar-refractivity contribution >= 4 is 17.0 Å². The largest absolute Gasteiger partial charge is 0.389 e. The van der Waals surface area contributed by atoms with Gasteiger partial charge in [0, 0.05) is 32.0 Å². The Kier molecular flexibility index (Phi) is 3.64. The van der Waals surface area contributed by atoms with Crippen molar-refractivity contribution in [2.45, 2.75) is 6.42 Å². The zero-order chi connectivity index (χ0) is 14.8. The number of aromatic nitrogens is 3. The highest BCUT2D eigenvalue weighted by Gasteiger charge is 2.45. The van der Waals surface area contributed by atoms with Gasteiger partial charge in [-0.1, -0.05) is 13.2 Å². The Hall–Kier alpha value is -2.30.